The van der Waals surface area contributed by atoms with Gasteiger partial charge in [0.1, 0.15) is 0 Å². The molecule has 0 N–H and O–H groups in total. The van der Waals surface area contributed by atoms with Gasteiger partial charge >= 0.3 is 0 Å². The van der Waals surface area contributed by atoms with E-state index < -0.39 is 0 Å². The number of hydrogen-bond acceptors (Lipinski definition) is 2. The molecular formula is C49H46N2. The molecule has 2 heterocycles. The minimum atomic E-state index is -0.117. The van der Waals surface area contributed by atoms with Crippen molar-refractivity contribution in [3.05, 3.63) is 132 Å². The number of piperidine rings is 2. The van der Waals surface area contributed by atoms with Crippen LogP contribution in [0.2, 0.25) is 0 Å². The van der Waals surface area contributed by atoms with E-state index in [0.717, 1.165) is 26.2 Å². The summed E-state index contributed by atoms with van der Waals surface area (Å²) in [6, 6.07) is 46.9. The first-order chi connectivity index (χ1) is 25.1. The van der Waals surface area contributed by atoms with Gasteiger partial charge in [0.2, 0.25) is 0 Å². The van der Waals surface area contributed by atoms with Crippen LogP contribution >= 0.6 is 0 Å². The summed E-state index contributed by atoms with van der Waals surface area (Å²) in [5, 5.41) is 8.01. The minimum Gasteiger partial charge on any atom is -0.372 e. The van der Waals surface area contributed by atoms with Gasteiger partial charge in [-0.2, -0.15) is 0 Å². The quantitative estimate of drug-likeness (QED) is 0.173. The Labute approximate surface area is 302 Å². The zero-order valence-electron chi connectivity index (χ0n) is 30.0. The number of benzene rings is 7. The van der Waals surface area contributed by atoms with Crippen LogP contribution in [-0.2, 0) is 5.41 Å². The number of nitrogens with zero attached hydrogens (tertiary/aromatic N) is 2. The van der Waals surface area contributed by atoms with Crippen molar-refractivity contribution >= 4 is 43.7 Å². The van der Waals surface area contributed by atoms with E-state index in [4.69, 9.17) is 0 Å². The summed E-state index contributed by atoms with van der Waals surface area (Å²) in [6.45, 7) is 9.40. The van der Waals surface area contributed by atoms with E-state index in [0.29, 0.717) is 0 Å². The van der Waals surface area contributed by atoms with Gasteiger partial charge in [0.05, 0.1) is 0 Å². The van der Waals surface area contributed by atoms with Crippen LogP contribution in [0, 0.1) is 0 Å². The van der Waals surface area contributed by atoms with Crippen LogP contribution in [0.25, 0.3) is 65.7 Å². The fourth-order valence-corrected chi connectivity index (χ4v) is 9.98. The van der Waals surface area contributed by atoms with E-state index >= 15 is 0 Å². The van der Waals surface area contributed by atoms with Gasteiger partial charge in [-0.3, -0.25) is 0 Å². The summed E-state index contributed by atoms with van der Waals surface area (Å²) >= 11 is 0. The van der Waals surface area contributed by atoms with Crippen LogP contribution in [0.4, 0.5) is 11.4 Å². The second kappa shape index (κ2) is 12.0. The zero-order chi connectivity index (χ0) is 34.1. The predicted octanol–water partition coefficient (Wildman–Crippen LogP) is 12.8. The van der Waals surface area contributed by atoms with Crippen LogP contribution in [-0.4, -0.2) is 26.2 Å². The third-order valence-electron chi connectivity index (χ3n) is 12.4. The Morgan fingerprint density at radius 2 is 0.922 bits per heavy atom. The Morgan fingerprint density at radius 1 is 0.412 bits per heavy atom. The maximum atomic E-state index is 2.63. The smallest absolute Gasteiger partial charge is 0.0372 e. The lowest BCUT2D eigenvalue weighted by Crippen LogP contribution is -2.29. The van der Waals surface area contributed by atoms with Crippen LogP contribution in [0.5, 0.6) is 0 Å². The van der Waals surface area contributed by atoms with Gasteiger partial charge in [0.25, 0.3) is 0 Å². The number of hydrogen-bond donors (Lipinski definition) is 0. The van der Waals surface area contributed by atoms with E-state index in [1.807, 2.05) is 0 Å². The number of rotatable bonds is 4. The fourth-order valence-electron chi connectivity index (χ4n) is 9.98. The third kappa shape index (κ3) is 4.83. The van der Waals surface area contributed by atoms with Crippen molar-refractivity contribution in [2.45, 2.75) is 57.8 Å². The molecule has 0 aromatic heterocycles. The number of fused-ring (bicyclic) bond motifs is 6. The van der Waals surface area contributed by atoms with Gasteiger partial charge in [-0.25, -0.2) is 0 Å². The Morgan fingerprint density at radius 3 is 1.61 bits per heavy atom. The van der Waals surface area contributed by atoms with Crippen LogP contribution in [0.3, 0.4) is 0 Å². The SMILES string of the molecule is CC1(C)c2ccccc2-c2cccc(-c3c4cc(N5CCCCC5)ccc4c(-c4cccc5ccccc45)c4cc(N5CCCCC5)ccc34)c21. The van der Waals surface area contributed by atoms with Crippen molar-refractivity contribution in [1.82, 2.24) is 0 Å². The van der Waals surface area contributed by atoms with Crippen molar-refractivity contribution in [1.29, 1.82) is 0 Å². The average molecular weight is 663 g/mol. The van der Waals surface area contributed by atoms with Crippen molar-refractivity contribution in [3.63, 3.8) is 0 Å². The molecule has 7 aromatic rings. The maximum Gasteiger partial charge on any atom is 0.0372 e. The van der Waals surface area contributed by atoms with Crippen molar-refractivity contribution in [2.75, 3.05) is 36.0 Å². The molecule has 0 saturated carbocycles. The van der Waals surface area contributed by atoms with Gasteiger partial charge in [-0.1, -0.05) is 111 Å². The highest BCUT2D eigenvalue weighted by atomic mass is 15.1. The van der Waals surface area contributed by atoms with Crippen molar-refractivity contribution in [2.24, 2.45) is 0 Å². The van der Waals surface area contributed by atoms with E-state index in [9.17, 15) is 0 Å². The normalized spacial score (nSPS) is 16.9. The standard InChI is InChI=1S/C49H46N2/c1-49(2)45-22-8-7-18-37(45)41-20-14-21-42(48(41)49)47-40-26-24-34(50-27-9-3-10-28-50)31-43(40)46(38-19-13-16-33-15-5-6-17-36(33)38)39-25-23-35(32-44(39)47)51-29-11-4-12-30-51/h5-8,13-26,31-32H,3-4,9-12,27-30H2,1-2H3. The minimum absolute atomic E-state index is 0.117. The summed E-state index contributed by atoms with van der Waals surface area (Å²) in [7, 11) is 0. The van der Waals surface area contributed by atoms with E-state index in [2.05, 4.69) is 145 Å². The van der Waals surface area contributed by atoms with Crippen LogP contribution in [0.1, 0.15) is 63.5 Å². The molecule has 0 spiro atoms. The van der Waals surface area contributed by atoms with Gasteiger partial charge in [-0.15, -0.1) is 0 Å². The second-order valence-corrected chi connectivity index (χ2v) is 15.7. The Kier molecular flexibility index (Phi) is 7.24. The molecule has 10 rings (SSSR count). The molecule has 0 bridgehead atoms. The summed E-state index contributed by atoms with van der Waals surface area (Å²) < 4.78 is 0. The average Bonchev–Trinajstić information content (AvgIpc) is 3.43. The molecule has 7 aromatic carbocycles. The van der Waals surface area contributed by atoms with Crippen molar-refractivity contribution < 1.29 is 0 Å². The number of anilines is 2. The highest BCUT2D eigenvalue weighted by Crippen LogP contribution is 2.55. The molecule has 0 atom stereocenters. The lowest BCUT2D eigenvalue weighted by atomic mass is 9.76. The molecular weight excluding hydrogens is 617 g/mol. The lowest BCUT2D eigenvalue weighted by Gasteiger charge is -2.31. The van der Waals surface area contributed by atoms with Gasteiger partial charge < -0.3 is 9.80 Å². The Hall–Kier alpha value is -5.08. The topological polar surface area (TPSA) is 6.48 Å². The molecule has 2 nitrogen and oxygen atoms in total. The zero-order valence-corrected chi connectivity index (χ0v) is 30.0. The first-order valence-corrected chi connectivity index (χ1v) is 19.3. The molecule has 2 saturated heterocycles. The summed E-state index contributed by atoms with van der Waals surface area (Å²) in [5.74, 6) is 0. The fraction of sp³-hybridized carbons (Fsp3) is 0.265. The van der Waals surface area contributed by atoms with Gasteiger partial charge in [-0.05, 0) is 140 Å². The van der Waals surface area contributed by atoms with Gasteiger partial charge in [0, 0.05) is 43.0 Å². The predicted molar refractivity (Wildman–Crippen MR) is 220 cm³/mol. The lowest BCUT2D eigenvalue weighted by molar-refractivity contribution is 0.578. The monoisotopic (exact) mass is 662 g/mol. The Bertz CT molecular complexity index is 2470. The molecule has 252 valence electrons. The van der Waals surface area contributed by atoms with E-state index in [1.54, 1.807) is 0 Å². The first kappa shape index (κ1) is 30.7. The van der Waals surface area contributed by atoms with E-state index in [1.165, 1.54) is 127 Å². The first-order valence-electron chi connectivity index (χ1n) is 19.3. The maximum absolute atomic E-state index is 2.63. The molecule has 2 heteroatoms. The third-order valence-corrected chi connectivity index (χ3v) is 12.4. The molecule has 0 radical (unpaired) electrons. The second-order valence-electron chi connectivity index (χ2n) is 15.7. The molecule has 1 aliphatic carbocycles. The summed E-state index contributed by atoms with van der Waals surface area (Å²) in [4.78, 5) is 5.25. The summed E-state index contributed by atoms with van der Waals surface area (Å²) in [6.07, 6.45) is 7.72. The molecule has 0 amide bonds. The largest absolute Gasteiger partial charge is 0.372 e. The van der Waals surface area contributed by atoms with Gasteiger partial charge in [0.15, 0.2) is 0 Å². The molecule has 51 heavy (non-hydrogen) atoms. The molecule has 2 fully saturated rings. The molecule has 0 unspecified atom stereocenters. The van der Waals surface area contributed by atoms with E-state index in [-0.39, 0.29) is 5.41 Å². The Balaban J connectivity index is 1.35. The van der Waals surface area contributed by atoms with Crippen molar-refractivity contribution in [3.8, 4) is 33.4 Å². The summed E-state index contributed by atoms with van der Waals surface area (Å²) in [5.41, 5.74) is 13.7. The molecule has 3 aliphatic rings. The van der Waals surface area contributed by atoms with Crippen LogP contribution in [0.15, 0.2) is 121 Å². The highest BCUT2D eigenvalue weighted by molar-refractivity contribution is 6.25. The van der Waals surface area contributed by atoms with Crippen LogP contribution < -0.4 is 9.80 Å². The molecule has 2 aliphatic heterocycles. The highest BCUT2D eigenvalue weighted by Gasteiger charge is 2.38.